The van der Waals surface area contributed by atoms with E-state index >= 15 is 0 Å². The molecule has 0 fully saturated rings. The predicted molar refractivity (Wildman–Crippen MR) is 101 cm³/mol. The normalized spacial score (nSPS) is 12.2. The van der Waals surface area contributed by atoms with Crippen LogP contribution in [0.3, 0.4) is 0 Å². The summed E-state index contributed by atoms with van der Waals surface area (Å²) in [5.41, 5.74) is 2.13. The van der Waals surface area contributed by atoms with Gasteiger partial charge in [0.25, 0.3) is 0 Å². The van der Waals surface area contributed by atoms with Gasteiger partial charge in [-0.1, -0.05) is 82.2 Å². The number of hydrogen-bond donors (Lipinski definition) is 2. The summed E-state index contributed by atoms with van der Waals surface area (Å²) in [5.74, 6) is 0.826. The Morgan fingerprint density at radius 1 is 0.750 bits per heavy atom. The van der Waals surface area contributed by atoms with E-state index in [0.717, 1.165) is 24.0 Å². The van der Waals surface area contributed by atoms with Crippen LogP contribution in [0.4, 0.5) is 0 Å². The first kappa shape index (κ1) is 18.4. The molecule has 0 aromatic heterocycles. The maximum atomic E-state index is 10.2. The van der Waals surface area contributed by atoms with Crippen molar-refractivity contribution < 1.29 is 10.2 Å². The molecule has 2 N–H and O–H groups in total. The Morgan fingerprint density at radius 2 is 1.38 bits per heavy atom. The van der Waals surface area contributed by atoms with Crippen molar-refractivity contribution in [3.63, 3.8) is 0 Å². The molecule has 0 aliphatic carbocycles. The summed E-state index contributed by atoms with van der Waals surface area (Å²) in [6.45, 7) is 2.24. The van der Waals surface area contributed by atoms with Crippen LogP contribution in [0.25, 0.3) is 0 Å². The molecule has 0 saturated carbocycles. The maximum Gasteiger partial charge on any atom is 0.119 e. The van der Waals surface area contributed by atoms with Crippen molar-refractivity contribution in [1.82, 2.24) is 0 Å². The third-order valence-corrected chi connectivity index (χ3v) is 4.70. The molecule has 1 atom stereocenters. The lowest BCUT2D eigenvalue weighted by molar-refractivity contribution is 0.460. The lowest BCUT2D eigenvalue weighted by Gasteiger charge is -2.19. The van der Waals surface area contributed by atoms with Gasteiger partial charge >= 0.3 is 0 Å². The highest BCUT2D eigenvalue weighted by Gasteiger charge is 2.17. The number of unbranched alkanes of at least 4 members (excludes halogenated alkanes) is 6. The first-order chi connectivity index (χ1) is 11.7. The number of para-hydroxylation sites is 1. The summed E-state index contributed by atoms with van der Waals surface area (Å²) in [7, 11) is 0. The molecule has 2 heteroatoms. The summed E-state index contributed by atoms with van der Waals surface area (Å²) in [4.78, 5) is 0. The lowest BCUT2D eigenvalue weighted by atomic mass is 9.86. The molecule has 0 amide bonds. The van der Waals surface area contributed by atoms with E-state index in [-0.39, 0.29) is 11.7 Å². The van der Waals surface area contributed by atoms with Crippen LogP contribution in [0, 0.1) is 0 Å². The summed E-state index contributed by atoms with van der Waals surface area (Å²) < 4.78 is 0. The third kappa shape index (κ3) is 5.59. The Kier molecular flexibility index (Phi) is 7.67. The Morgan fingerprint density at radius 3 is 2.04 bits per heavy atom. The Labute approximate surface area is 146 Å². The number of phenols is 2. The van der Waals surface area contributed by atoms with Crippen LogP contribution in [0.1, 0.15) is 75.3 Å². The van der Waals surface area contributed by atoms with E-state index in [0.29, 0.717) is 5.75 Å². The van der Waals surface area contributed by atoms with Crippen LogP contribution in [0.15, 0.2) is 48.5 Å². The minimum Gasteiger partial charge on any atom is -0.508 e. The predicted octanol–water partition coefficient (Wildman–Crippen LogP) is 6.37. The zero-order valence-corrected chi connectivity index (χ0v) is 14.7. The Hall–Kier alpha value is -1.96. The molecule has 24 heavy (non-hydrogen) atoms. The van der Waals surface area contributed by atoms with E-state index in [1.165, 1.54) is 38.5 Å². The van der Waals surface area contributed by atoms with Crippen LogP contribution >= 0.6 is 0 Å². The fourth-order valence-electron chi connectivity index (χ4n) is 3.30. The summed E-state index contributed by atoms with van der Waals surface area (Å²) >= 11 is 0. The standard InChI is InChI=1S/C22H30O2/c1-2-3-4-5-6-7-8-11-20(18-14-16-19(23)17-15-18)21-12-9-10-13-22(21)24/h9-10,12-17,20,23-24H,2-8,11H2,1H3. The SMILES string of the molecule is CCCCCCCCCC(c1ccc(O)cc1)c1ccccc1O. The zero-order valence-electron chi connectivity index (χ0n) is 14.7. The highest BCUT2D eigenvalue weighted by Crippen LogP contribution is 2.35. The fraction of sp³-hybridized carbons (Fsp3) is 0.455. The maximum absolute atomic E-state index is 10.2. The van der Waals surface area contributed by atoms with Gasteiger partial charge in [0.15, 0.2) is 0 Å². The smallest absolute Gasteiger partial charge is 0.119 e. The van der Waals surface area contributed by atoms with Crippen molar-refractivity contribution in [2.24, 2.45) is 0 Å². The summed E-state index contributed by atoms with van der Waals surface area (Å²) in [6, 6.07) is 15.0. The van der Waals surface area contributed by atoms with E-state index in [1.54, 1.807) is 18.2 Å². The molecule has 0 saturated heterocycles. The van der Waals surface area contributed by atoms with Gasteiger partial charge in [0.05, 0.1) is 0 Å². The molecule has 0 aliphatic heterocycles. The Balaban J connectivity index is 1.99. The molecule has 2 rings (SSSR count). The second-order valence-electron chi connectivity index (χ2n) is 6.61. The fourth-order valence-corrected chi connectivity index (χ4v) is 3.30. The van der Waals surface area contributed by atoms with Gasteiger partial charge in [-0.15, -0.1) is 0 Å². The summed E-state index contributed by atoms with van der Waals surface area (Å²) in [6.07, 6.45) is 10.0. The molecular weight excluding hydrogens is 296 g/mol. The van der Waals surface area contributed by atoms with Crippen LogP contribution in [-0.2, 0) is 0 Å². The molecule has 0 spiro atoms. The van der Waals surface area contributed by atoms with Crippen molar-refractivity contribution in [3.05, 3.63) is 59.7 Å². The molecule has 0 heterocycles. The van der Waals surface area contributed by atoms with Crippen molar-refractivity contribution in [1.29, 1.82) is 0 Å². The van der Waals surface area contributed by atoms with Crippen LogP contribution in [0.2, 0.25) is 0 Å². The van der Waals surface area contributed by atoms with Crippen molar-refractivity contribution in [2.45, 2.75) is 64.2 Å². The zero-order chi connectivity index (χ0) is 17.2. The number of phenolic OH excluding ortho intramolecular Hbond substituents is 2. The van der Waals surface area contributed by atoms with Gasteiger partial charge in [0, 0.05) is 11.5 Å². The van der Waals surface area contributed by atoms with Crippen LogP contribution < -0.4 is 0 Å². The first-order valence-corrected chi connectivity index (χ1v) is 9.29. The van der Waals surface area contributed by atoms with Crippen molar-refractivity contribution >= 4 is 0 Å². The van der Waals surface area contributed by atoms with E-state index in [2.05, 4.69) is 6.92 Å². The van der Waals surface area contributed by atoms with E-state index in [4.69, 9.17) is 0 Å². The monoisotopic (exact) mass is 326 g/mol. The van der Waals surface area contributed by atoms with E-state index < -0.39 is 0 Å². The average Bonchev–Trinajstić information content (AvgIpc) is 2.59. The van der Waals surface area contributed by atoms with Gasteiger partial charge in [0.1, 0.15) is 11.5 Å². The highest BCUT2D eigenvalue weighted by molar-refractivity contribution is 5.42. The van der Waals surface area contributed by atoms with Gasteiger partial charge in [0.2, 0.25) is 0 Å². The molecule has 0 radical (unpaired) electrons. The summed E-state index contributed by atoms with van der Waals surface area (Å²) in [5, 5.41) is 19.8. The van der Waals surface area contributed by atoms with E-state index in [1.807, 2.05) is 30.3 Å². The van der Waals surface area contributed by atoms with Gasteiger partial charge in [-0.25, -0.2) is 0 Å². The quantitative estimate of drug-likeness (QED) is 0.498. The largest absolute Gasteiger partial charge is 0.508 e. The topological polar surface area (TPSA) is 40.5 Å². The molecule has 0 aliphatic rings. The van der Waals surface area contributed by atoms with Crippen molar-refractivity contribution in [2.75, 3.05) is 0 Å². The first-order valence-electron chi connectivity index (χ1n) is 9.29. The minimum absolute atomic E-state index is 0.183. The second kappa shape index (κ2) is 10.0. The third-order valence-electron chi connectivity index (χ3n) is 4.70. The Bertz CT molecular complexity index is 589. The number of rotatable bonds is 10. The lowest BCUT2D eigenvalue weighted by Crippen LogP contribution is -2.02. The molecule has 0 bridgehead atoms. The average molecular weight is 326 g/mol. The second-order valence-corrected chi connectivity index (χ2v) is 6.61. The molecule has 2 aromatic carbocycles. The minimum atomic E-state index is 0.183. The van der Waals surface area contributed by atoms with Crippen LogP contribution in [0.5, 0.6) is 11.5 Å². The molecule has 2 nitrogen and oxygen atoms in total. The molecular formula is C22H30O2. The molecule has 1 unspecified atom stereocenters. The molecule has 2 aromatic rings. The number of aromatic hydroxyl groups is 2. The van der Waals surface area contributed by atoms with Gasteiger partial charge in [-0.05, 0) is 30.2 Å². The number of hydrogen-bond acceptors (Lipinski definition) is 2. The van der Waals surface area contributed by atoms with Gasteiger partial charge in [-0.3, -0.25) is 0 Å². The number of benzene rings is 2. The van der Waals surface area contributed by atoms with Gasteiger partial charge < -0.3 is 10.2 Å². The van der Waals surface area contributed by atoms with Crippen LogP contribution in [-0.4, -0.2) is 10.2 Å². The van der Waals surface area contributed by atoms with Gasteiger partial charge in [-0.2, -0.15) is 0 Å². The van der Waals surface area contributed by atoms with Crippen molar-refractivity contribution in [3.8, 4) is 11.5 Å². The molecule has 130 valence electrons. The highest BCUT2D eigenvalue weighted by atomic mass is 16.3. The van der Waals surface area contributed by atoms with E-state index in [9.17, 15) is 10.2 Å².